The minimum atomic E-state index is -0.496. The number of hydrogen-bond donors (Lipinski definition) is 0. The van der Waals surface area contributed by atoms with Crippen LogP contribution in [0.2, 0.25) is 0 Å². The zero-order valence-electron chi connectivity index (χ0n) is 14.5. The van der Waals surface area contributed by atoms with E-state index in [4.69, 9.17) is 14.2 Å². The van der Waals surface area contributed by atoms with E-state index in [0.717, 1.165) is 36.1 Å². The van der Waals surface area contributed by atoms with Gasteiger partial charge in [-0.2, -0.15) is 0 Å². The minimum absolute atomic E-state index is 0.0250. The van der Waals surface area contributed by atoms with Crippen LogP contribution in [0.3, 0.4) is 0 Å². The highest BCUT2D eigenvalue weighted by Crippen LogP contribution is 2.41. The maximum absolute atomic E-state index is 12.3. The summed E-state index contributed by atoms with van der Waals surface area (Å²) in [6.07, 6.45) is 5.21. The quantitative estimate of drug-likeness (QED) is 0.342. The average molecular weight is 388 g/mol. The monoisotopic (exact) mass is 388 g/mol. The molecule has 0 atom stereocenters. The molecule has 2 aliphatic rings. The number of carbonyl (C=O) groups excluding carboxylic acids is 1. The van der Waals surface area contributed by atoms with Gasteiger partial charge < -0.3 is 14.2 Å². The van der Waals surface area contributed by atoms with E-state index < -0.39 is 10.9 Å². The molecule has 140 valence electrons. The summed E-state index contributed by atoms with van der Waals surface area (Å²) in [6.45, 7) is 0.0250. The summed E-state index contributed by atoms with van der Waals surface area (Å²) < 4.78 is 15.4. The van der Waals surface area contributed by atoms with Crippen LogP contribution in [0.15, 0.2) is 17.1 Å². The summed E-state index contributed by atoms with van der Waals surface area (Å²) in [7, 11) is 1.34. The first-order valence-corrected chi connectivity index (χ1v) is 9.25. The molecule has 0 saturated carbocycles. The summed E-state index contributed by atoms with van der Waals surface area (Å²) in [5.41, 5.74) is 1.61. The molecule has 0 amide bonds. The molecule has 0 N–H and O–H groups in total. The average Bonchev–Trinajstić information content (AvgIpc) is 3.28. The molecule has 1 aromatic carbocycles. The van der Waals surface area contributed by atoms with E-state index >= 15 is 0 Å². The number of nitro groups is 1. The lowest BCUT2D eigenvalue weighted by atomic mass is 9.95. The van der Waals surface area contributed by atoms with Crippen LogP contribution in [0, 0.1) is 10.1 Å². The van der Waals surface area contributed by atoms with Crippen LogP contribution in [0.1, 0.15) is 39.2 Å². The zero-order chi connectivity index (χ0) is 19.0. The molecule has 0 fully saturated rings. The van der Waals surface area contributed by atoms with E-state index in [1.54, 1.807) is 0 Å². The van der Waals surface area contributed by atoms with Crippen molar-refractivity contribution in [3.63, 3.8) is 0 Å². The Kier molecular flexibility index (Phi) is 4.53. The second-order valence-electron chi connectivity index (χ2n) is 6.16. The molecule has 1 aliphatic heterocycles. The molecule has 4 rings (SSSR count). The molecule has 1 aromatic heterocycles. The number of hydrogen-bond acceptors (Lipinski definition) is 8. The normalized spacial score (nSPS) is 15.0. The molecular formula is C18H16N2O6S. The van der Waals surface area contributed by atoms with Crippen molar-refractivity contribution in [3.05, 3.63) is 43.8 Å². The number of nitrogens with zero attached hydrogens (tertiary/aromatic N) is 2. The second kappa shape index (κ2) is 6.99. The highest BCUT2D eigenvalue weighted by Gasteiger charge is 2.26. The molecule has 2 aromatic rings. The molecule has 0 radical (unpaired) electrons. The molecule has 9 heteroatoms. The maximum Gasteiger partial charge on any atom is 0.341 e. The number of thiophene rings is 1. The van der Waals surface area contributed by atoms with Crippen molar-refractivity contribution in [1.82, 2.24) is 0 Å². The highest BCUT2D eigenvalue weighted by molar-refractivity contribution is 7.16. The van der Waals surface area contributed by atoms with Crippen molar-refractivity contribution in [2.45, 2.75) is 25.7 Å². The number of rotatable bonds is 4. The van der Waals surface area contributed by atoms with Crippen LogP contribution in [-0.2, 0) is 17.6 Å². The van der Waals surface area contributed by atoms with Crippen LogP contribution in [0.5, 0.6) is 11.5 Å². The van der Waals surface area contributed by atoms with Gasteiger partial charge in [0.25, 0.3) is 5.69 Å². The van der Waals surface area contributed by atoms with Crippen LogP contribution < -0.4 is 9.47 Å². The van der Waals surface area contributed by atoms with Gasteiger partial charge in [0.2, 0.25) is 6.79 Å². The lowest BCUT2D eigenvalue weighted by molar-refractivity contribution is -0.385. The van der Waals surface area contributed by atoms with Crippen LogP contribution in [0.4, 0.5) is 10.7 Å². The van der Waals surface area contributed by atoms with Crippen LogP contribution >= 0.6 is 11.3 Å². The predicted octanol–water partition coefficient (Wildman–Crippen LogP) is 3.80. The molecule has 27 heavy (non-hydrogen) atoms. The number of methoxy groups -OCH3 is 1. The molecular weight excluding hydrogens is 372 g/mol. The third-order valence-corrected chi connectivity index (χ3v) is 5.78. The standard InChI is InChI=1S/C18H16N2O6S/c1-24-18(21)16-11-4-2-3-5-15(11)27-17(16)19-8-10-6-13-14(26-9-25-13)7-12(10)20(22)23/h6-8H,2-5,9H2,1H3. The fourth-order valence-corrected chi connectivity index (χ4v) is 4.51. The first kappa shape index (κ1) is 17.5. The van der Waals surface area contributed by atoms with E-state index in [1.807, 2.05) is 0 Å². The van der Waals surface area contributed by atoms with Gasteiger partial charge in [0.05, 0.1) is 29.2 Å². The Hall–Kier alpha value is -2.94. The molecule has 0 saturated heterocycles. The van der Waals surface area contributed by atoms with E-state index in [9.17, 15) is 14.9 Å². The Bertz CT molecular complexity index is 965. The summed E-state index contributed by atoms with van der Waals surface area (Å²) >= 11 is 1.44. The van der Waals surface area contributed by atoms with Gasteiger partial charge in [-0.05, 0) is 37.3 Å². The predicted molar refractivity (Wildman–Crippen MR) is 98.8 cm³/mol. The number of aliphatic imine (C=N–C) groups is 1. The summed E-state index contributed by atoms with van der Waals surface area (Å²) in [4.78, 5) is 28.7. The summed E-state index contributed by atoms with van der Waals surface area (Å²) in [5.74, 6) is 0.336. The topological polar surface area (TPSA) is 100 Å². The highest BCUT2D eigenvalue weighted by atomic mass is 32.1. The SMILES string of the molecule is COC(=O)c1c(N=Cc2cc3c(cc2[N+](=O)[O-])OCO3)sc2c1CCCC2. The number of fused-ring (bicyclic) bond motifs is 2. The maximum atomic E-state index is 12.3. The smallest absolute Gasteiger partial charge is 0.341 e. The van der Waals surface area contributed by atoms with E-state index in [0.29, 0.717) is 22.1 Å². The number of nitro benzene ring substituents is 1. The fourth-order valence-electron chi connectivity index (χ4n) is 3.29. The molecule has 0 unspecified atom stereocenters. The van der Waals surface area contributed by atoms with Crippen molar-refractivity contribution in [2.75, 3.05) is 13.9 Å². The third-order valence-electron chi connectivity index (χ3n) is 4.58. The lowest BCUT2D eigenvalue weighted by Crippen LogP contribution is -2.07. The van der Waals surface area contributed by atoms with Crippen LogP contribution in [-0.4, -0.2) is 31.0 Å². The lowest BCUT2D eigenvalue weighted by Gasteiger charge is -2.11. The Morgan fingerprint density at radius 3 is 2.78 bits per heavy atom. The molecule has 0 spiro atoms. The zero-order valence-corrected chi connectivity index (χ0v) is 15.3. The number of benzene rings is 1. The largest absolute Gasteiger partial charge is 0.465 e. The number of esters is 1. The van der Waals surface area contributed by atoms with Gasteiger partial charge in [0.15, 0.2) is 11.5 Å². The molecule has 0 bridgehead atoms. The van der Waals surface area contributed by atoms with Crippen molar-refractivity contribution >= 4 is 34.2 Å². The molecule has 2 heterocycles. The van der Waals surface area contributed by atoms with E-state index in [1.165, 1.54) is 36.8 Å². The van der Waals surface area contributed by atoms with Crippen molar-refractivity contribution in [2.24, 2.45) is 4.99 Å². The van der Waals surface area contributed by atoms with Gasteiger partial charge in [-0.1, -0.05) is 0 Å². The Morgan fingerprint density at radius 2 is 2.04 bits per heavy atom. The van der Waals surface area contributed by atoms with Crippen LogP contribution in [0.25, 0.3) is 0 Å². The van der Waals surface area contributed by atoms with E-state index in [2.05, 4.69) is 4.99 Å². The van der Waals surface area contributed by atoms with Crippen molar-refractivity contribution < 1.29 is 23.9 Å². The first-order chi connectivity index (χ1) is 13.1. The number of aryl methyl sites for hydroxylation is 1. The van der Waals surface area contributed by atoms with Gasteiger partial charge in [-0.25, -0.2) is 9.79 Å². The van der Waals surface area contributed by atoms with E-state index in [-0.39, 0.29) is 18.0 Å². The first-order valence-electron chi connectivity index (χ1n) is 8.43. The van der Waals surface area contributed by atoms with Gasteiger partial charge in [-0.3, -0.25) is 10.1 Å². The number of carbonyl (C=O) groups is 1. The second-order valence-corrected chi connectivity index (χ2v) is 7.25. The van der Waals surface area contributed by atoms with Crippen molar-refractivity contribution in [1.29, 1.82) is 0 Å². The Balaban J connectivity index is 1.77. The number of ether oxygens (including phenoxy) is 3. The Labute approximate surface area is 158 Å². The summed E-state index contributed by atoms with van der Waals surface area (Å²) in [6, 6.07) is 2.85. The van der Waals surface area contributed by atoms with Crippen molar-refractivity contribution in [3.8, 4) is 11.5 Å². The minimum Gasteiger partial charge on any atom is -0.465 e. The molecule has 1 aliphatic carbocycles. The fraction of sp³-hybridized carbons (Fsp3) is 0.333. The van der Waals surface area contributed by atoms with Gasteiger partial charge >= 0.3 is 5.97 Å². The van der Waals surface area contributed by atoms with Gasteiger partial charge in [0.1, 0.15) is 5.00 Å². The van der Waals surface area contributed by atoms with Gasteiger partial charge in [-0.15, -0.1) is 11.3 Å². The summed E-state index contributed by atoms with van der Waals surface area (Å²) in [5, 5.41) is 11.9. The molecule has 8 nitrogen and oxygen atoms in total. The Morgan fingerprint density at radius 1 is 1.30 bits per heavy atom. The third kappa shape index (κ3) is 3.14. The van der Waals surface area contributed by atoms with Gasteiger partial charge in [0, 0.05) is 11.1 Å².